The molecular weight excluding hydrogens is 523 g/mol. The highest BCUT2D eigenvalue weighted by atomic mass is 79.9. The number of hydrogen-bond acceptors (Lipinski definition) is 6. The molecule has 1 heterocycles. The van der Waals surface area contributed by atoms with Crippen molar-refractivity contribution in [3.05, 3.63) is 86.9 Å². The molecule has 0 radical (unpaired) electrons. The molecule has 0 aliphatic rings. The van der Waals surface area contributed by atoms with Gasteiger partial charge in [-0.1, -0.05) is 46.3 Å². The zero-order chi connectivity index (χ0) is 24.1. The largest absolute Gasteiger partial charge is 0.496 e. The lowest BCUT2D eigenvalue weighted by Crippen LogP contribution is -2.17. The fourth-order valence-electron chi connectivity index (χ4n) is 3.44. The highest BCUT2D eigenvalue weighted by molar-refractivity contribution is 9.10. The van der Waals surface area contributed by atoms with Crippen LogP contribution in [0, 0.1) is 10.6 Å². The van der Waals surface area contributed by atoms with Crippen molar-refractivity contribution in [2.75, 3.05) is 19.6 Å². The minimum Gasteiger partial charge on any atom is -0.496 e. The number of aromatic amines is 1. The van der Waals surface area contributed by atoms with E-state index in [1.54, 1.807) is 43.2 Å². The molecule has 0 aliphatic heterocycles. The van der Waals surface area contributed by atoms with Crippen molar-refractivity contribution in [2.24, 2.45) is 0 Å². The summed E-state index contributed by atoms with van der Waals surface area (Å²) in [6.07, 6.45) is 0. The van der Waals surface area contributed by atoms with Crippen molar-refractivity contribution in [1.29, 1.82) is 0 Å². The number of benzene rings is 3. The van der Waals surface area contributed by atoms with E-state index in [9.17, 15) is 4.39 Å². The van der Waals surface area contributed by atoms with Crippen LogP contribution in [0.25, 0.3) is 11.4 Å². The third kappa shape index (κ3) is 4.92. The maximum absolute atomic E-state index is 14.1. The molecule has 4 aromatic rings. The second-order valence-corrected chi connectivity index (χ2v) is 8.40. The first-order valence-corrected chi connectivity index (χ1v) is 11.5. The van der Waals surface area contributed by atoms with Crippen LogP contribution in [0.15, 0.2) is 65.1 Å². The van der Waals surface area contributed by atoms with E-state index in [1.165, 1.54) is 6.07 Å². The Balaban J connectivity index is 1.65. The minimum atomic E-state index is -0.331. The number of halogens is 2. The van der Waals surface area contributed by atoms with Gasteiger partial charge in [-0.2, -0.15) is 5.10 Å². The molecule has 176 valence electrons. The first-order chi connectivity index (χ1) is 16.5. The summed E-state index contributed by atoms with van der Waals surface area (Å²) in [5, 5.41) is 7.18. The summed E-state index contributed by atoms with van der Waals surface area (Å²) in [5.74, 6) is 1.91. The second kappa shape index (κ2) is 10.7. The van der Waals surface area contributed by atoms with Gasteiger partial charge in [0.1, 0.15) is 18.2 Å². The van der Waals surface area contributed by atoms with Gasteiger partial charge >= 0.3 is 0 Å². The van der Waals surface area contributed by atoms with Gasteiger partial charge in [0.25, 0.3) is 0 Å². The molecule has 34 heavy (non-hydrogen) atoms. The molecule has 10 heteroatoms. The molecule has 0 aliphatic carbocycles. The number of aromatic nitrogens is 3. The van der Waals surface area contributed by atoms with Crippen LogP contribution in [0.2, 0.25) is 0 Å². The van der Waals surface area contributed by atoms with Gasteiger partial charge < -0.3 is 19.6 Å². The average Bonchev–Trinajstić information content (AvgIpc) is 3.22. The Morgan fingerprint density at radius 1 is 1.03 bits per heavy atom. The molecule has 0 amide bonds. The number of rotatable bonds is 9. The van der Waals surface area contributed by atoms with Crippen molar-refractivity contribution in [1.82, 2.24) is 14.9 Å². The molecule has 7 nitrogen and oxygen atoms in total. The van der Waals surface area contributed by atoms with Gasteiger partial charge in [-0.25, -0.2) is 14.2 Å². The van der Waals surface area contributed by atoms with Gasteiger partial charge in [0.15, 0.2) is 17.3 Å². The molecule has 0 spiro atoms. The molecule has 1 aromatic heterocycles. The lowest BCUT2D eigenvalue weighted by atomic mass is 10.1. The number of para-hydroxylation sites is 1. The van der Waals surface area contributed by atoms with E-state index in [4.69, 9.17) is 26.4 Å². The van der Waals surface area contributed by atoms with Crippen LogP contribution in [-0.2, 0) is 13.2 Å². The minimum absolute atomic E-state index is 0.0457. The van der Waals surface area contributed by atoms with E-state index in [0.717, 1.165) is 15.6 Å². The number of nitrogens with one attached hydrogen (secondary N) is 2. The summed E-state index contributed by atoms with van der Waals surface area (Å²) >= 11 is 9.04. The lowest BCUT2D eigenvalue weighted by Gasteiger charge is -2.18. The SMILES string of the molecule is COc1ccccc1-c1n[nH]c(=S)n1NCc1c(Br)ccc(OC)c1OCc1ccccc1F. The summed E-state index contributed by atoms with van der Waals surface area (Å²) in [6.45, 7) is 0.352. The van der Waals surface area contributed by atoms with Gasteiger partial charge in [0.2, 0.25) is 4.77 Å². The first-order valence-electron chi connectivity index (χ1n) is 10.3. The van der Waals surface area contributed by atoms with Gasteiger partial charge in [0, 0.05) is 15.6 Å². The van der Waals surface area contributed by atoms with Crippen LogP contribution in [0.4, 0.5) is 4.39 Å². The molecule has 4 rings (SSSR count). The molecule has 0 bridgehead atoms. The Kier molecular flexibility index (Phi) is 7.49. The van der Waals surface area contributed by atoms with Crippen LogP contribution in [0.5, 0.6) is 17.2 Å². The molecule has 2 N–H and O–H groups in total. The molecular formula is C24H22BrFN4O3S. The quantitative estimate of drug-likeness (QED) is 0.257. The van der Waals surface area contributed by atoms with E-state index >= 15 is 0 Å². The zero-order valence-corrected chi connectivity index (χ0v) is 20.9. The number of H-pyrrole nitrogens is 1. The molecule has 0 fully saturated rings. The van der Waals surface area contributed by atoms with Crippen molar-refractivity contribution >= 4 is 28.1 Å². The Morgan fingerprint density at radius 2 is 1.76 bits per heavy atom. The van der Waals surface area contributed by atoms with Crippen molar-refractivity contribution in [3.8, 4) is 28.6 Å². The Hall–Kier alpha value is -3.37. The molecule has 0 saturated carbocycles. The molecule has 3 aromatic carbocycles. The topological polar surface area (TPSA) is 73.3 Å². The monoisotopic (exact) mass is 544 g/mol. The predicted molar refractivity (Wildman–Crippen MR) is 134 cm³/mol. The number of methoxy groups -OCH3 is 2. The Labute approximate surface area is 209 Å². The highest BCUT2D eigenvalue weighted by Gasteiger charge is 2.18. The fraction of sp³-hybridized carbons (Fsp3) is 0.167. The van der Waals surface area contributed by atoms with Crippen molar-refractivity contribution < 1.29 is 18.6 Å². The summed E-state index contributed by atoms with van der Waals surface area (Å²) in [5.41, 5.74) is 5.27. The van der Waals surface area contributed by atoms with Crippen LogP contribution in [0.3, 0.4) is 0 Å². The van der Waals surface area contributed by atoms with E-state index < -0.39 is 0 Å². The van der Waals surface area contributed by atoms with Crippen LogP contribution in [0.1, 0.15) is 11.1 Å². The summed E-state index contributed by atoms with van der Waals surface area (Å²) in [6, 6.07) is 17.7. The van der Waals surface area contributed by atoms with Gasteiger partial charge in [-0.15, -0.1) is 0 Å². The van der Waals surface area contributed by atoms with Crippen molar-refractivity contribution in [2.45, 2.75) is 13.2 Å². The van der Waals surface area contributed by atoms with Crippen LogP contribution >= 0.6 is 28.1 Å². The van der Waals surface area contributed by atoms with Gasteiger partial charge in [0.05, 0.1) is 26.3 Å². The van der Waals surface area contributed by atoms with Gasteiger partial charge in [-0.05, 0) is 42.5 Å². The Morgan fingerprint density at radius 3 is 2.53 bits per heavy atom. The molecule has 0 saturated heterocycles. The lowest BCUT2D eigenvalue weighted by molar-refractivity contribution is 0.276. The van der Waals surface area contributed by atoms with Crippen LogP contribution < -0.4 is 19.6 Å². The van der Waals surface area contributed by atoms with E-state index in [-0.39, 0.29) is 12.4 Å². The standard InChI is InChI=1S/C24H22BrFN4O3S/c1-31-20-10-6-4-8-16(20)23-28-29-24(34)30(23)27-13-17-18(25)11-12-21(32-2)22(17)33-14-15-7-3-5-9-19(15)26/h3-12,27H,13-14H2,1-2H3,(H,29,34). The summed E-state index contributed by atoms with van der Waals surface area (Å²) < 4.78 is 34.0. The third-order valence-electron chi connectivity index (χ3n) is 5.15. The maximum Gasteiger partial charge on any atom is 0.214 e. The van der Waals surface area contributed by atoms with Crippen LogP contribution in [-0.4, -0.2) is 29.1 Å². The molecule has 0 unspecified atom stereocenters. The number of nitrogens with zero attached hydrogens (tertiary/aromatic N) is 2. The first kappa shape index (κ1) is 23.8. The predicted octanol–water partition coefficient (Wildman–Crippen LogP) is 5.85. The third-order valence-corrected chi connectivity index (χ3v) is 6.17. The number of hydrogen-bond donors (Lipinski definition) is 2. The smallest absolute Gasteiger partial charge is 0.214 e. The van der Waals surface area contributed by atoms with E-state index in [0.29, 0.717) is 40.0 Å². The summed E-state index contributed by atoms with van der Waals surface area (Å²) in [4.78, 5) is 0. The molecule has 0 atom stereocenters. The maximum atomic E-state index is 14.1. The number of ether oxygens (including phenoxy) is 3. The normalized spacial score (nSPS) is 10.7. The van der Waals surface area contributed by atoms with E-state index in [2.05, 4.69) is 31.6 Å². The van der Waals surface area contributed by atoms with Crippen molar-refractivity contribution in [3.63, 3.8) is 0 Å². The summed E-state index contributed by atoms with van der Waals surface area (Å²) in [7, 11) is 3.16. The highest BCUT2D eigenvalue weighted by Crippen LogP contribution is 2.37. The second-order valence-electron chi connectivity index (χ2n) is 7.16. The van der Waals surface area contributed by atoms with Gasteiger partial charge in [-0.3, -0.25) is 0 Å². The average molecular weight is 545 g/mol. The van der Waals surface area contributed by atoms with E-state index in [1.807, 2.05) is 30.3 Å². The zero-order valence-electron chi connectivity index (χ0n) is 18.5. The Bertz CT molecular complexity index is 1360. The fourth-order valence-corrected chi connectivity index (χ4v) is 4.09.